The summed E-state index contributed by atoms with van der Waals surface area (Å²) < 4.78 is 0. The summed E-state index contributed by atoms with van der Waals surface area (Å²) in [4.78, 5) is 26.2. The maximum absolute atomic E-state index is 11.9. The lowest BCUT2D eigenvalue weighted by atomic mass is 10.2. The van der Waals surface area contributed by atoms with Gasteiger partial charge in [-0.3, -0.25) is 4.79 Å². The highest BCUT2D eigenvalue weighted by Crippen LogP contribution is 2.01. The number of carbonyl (C=O) groups is 2. The highest BCUT2D eigenvalue weighted by molar-refractivity contribution is 5.76. The normalized spacial score (nSPS) is 14.1. The van der Waals surface area contributed by atoms with E-state index < -0.39 is 11.9 Å². The minimum absolute atomic E-state index is 0.0293. The predicted octanol–water partition coefficient (Wildman–Crippen LogP) is 0.689. The molecule has 0 rings (SSSR count). The highest BCUT2D eigenvalue weighted by Gasteiger charge is 2.20. The van der Waals surface area contributed by atoms with E-state index in [1.54, 1.807) is 6.92 Å². The van der Waals surface area contributed by atoms with Crippen LogP contribution in [0.15, 0.2) is 0 Å². The van der Waals surface area contributed by atoms with E-state index in [2.05, 4.69) is 5.32 Å². The smallest absolute Gasteiger partial charge is 0.317 e. The summed E-state index contributed by atoms with van der Waals surface area (Å²) in [7, 11) is 3.87. The molecule has 0 aliphatic carbocycles. The zero-order valence-electron chi connectivity index (χ0n) is 11.9. The Balaban J connectivity index is 4.30. The van der Waals surface area contributed by atoms with Gasteiger partial charge in [0.1, 0.15) is 0 Å². The van der Waals surface area contributed by atoms with E-state index in [1.165, 1.54) is 4.90 Å². The van der Waals surface area contributed by atoms with Gasteiger partial charge >= 0.3 is 12.0 Å². The van der Waals surface area contributed by atoms with Crippen molar-refractivity contribution in [3.63, 3.8) is 0 Å². The van der Waals surface area contributed by atoms with Crippen molar-refractivity contribution in [2.45, 2.75) is 26.8 Å². The molecule has 0 fully saturated rings. The van der Waals surface area contributed by atoms with E-state index in [0.717, 1.165) is 6.54 Å². The van der Waals surface area contributed by atoms with Gasteiger partial charge in [-0.1, -0.05) is 6.92 Å². The van der Waals surface area contributed by atoms with Crippen molar-refractivity contribution in [3.05, 3.63) is 0 Å². The number of nitrogens with zero attached hydrogens (tertiary/aromatic N) is 2. The average molecular weight is 259 g/mol. The third-order valence-corrected chi connectivity index (χ3v) is 2.59. The van der Waals surface area contributed by atoms with Crippen molar-refractivity contribution in [2.75, 3.05) is 33.7 Å². The molecule has 0 aliphatic heterocycles. The van der Waals surface area contributed by atoms with Crippen molar-refractivity contribution in [1.29, 1.82) is 0 Å². The average Bonchev–Trinajstić information content (AvgIpc) is 2.23. The fourth-order valence-electron chi connectivity index (χ4n) is 1.66. The Morgan fingerprint density at radius 2 is 1.78 bits per heavy atom. The van der Waals surface area contributed by atoms with Crippen molar-refractivity contribution in [3.8, 4) is 0 Å². The molecule has 2 atom stereocenters. The molecule has 0 saturated carbocycles. The van der Waals surface area contributed by atoms with Gasteiger partial charge in [-0.2, -0.15) is 0 Å². The van der Waals surface area contributed by atoms with Crippen LogP contribution in [0, 0.1) is 5.92 Å². The van der Waals surface area contributed by atoms with Gasteiger partial charge in [0.2, 0.25) is 0 Å². The fraction of sp³-hybridized carbons (Fsp3) is 0.833. The Hall–Kier alpha value is -1.30. The Bertz CT molecular complexity index is 282. The first-order chi connectivity index (χ1) is 8.27. The van der Waals surface area contributed by atoms with Gasteiger partial charge in [0.25, 0.3) is 0 Å². The standard InChI is InChI=1S/C12H25N3O3/c1-6-15(7-9(2)11(16)17)12(18)13-10(3)8-14(4)5/h9-10H,6-8H2,1-5H3,(H,13,18)(H,16,17). The van der Waals surface area contributed by atoms with Crippen LogP contribution in [0.25, 0.3) is 0 Å². The predicted molar refractivity (Wildman–Crippen MR) is 70.6 cm³/mol. The summed E-state index contributed by atoms with van der Waals surface area (Å²) in [6.07, 6.45) is 0. The van der Waals surface area contributed by atoms with Gasteiger partial charge in [0.05, 0.1) is 5.92 Å². The van der Waals surface area contributed by atoms with Crippen LogP contribution in [0.5, 0.6) is 0 Å². The van der Waals surface area contributed by atoms with E-state index in [9.17, 15) is 9.59 Å². The Morgan fingerprint density at radius 3 is 2.17 bits per heavy atom. The summed E-state index contributed by atoms with van der Waals surface area (Å²) in [5.41, 5.74) is 0. The molecule has 0 heterocycles. The van der Waals surface area contributed by atoms with Crippen molar-refractivity contribution in [2.24, 2.45) is 5.92 Å². The number of rotatable bonds is 7. The molecule has 0 aliphatic rings. The summed E-state index contributed by atoms with van der Waals surface area (Å²) in [6.45, 7) is 6.83. The number of urea groups is 1. The molecule has 0 saturated heterocycles. The zero-order chi connectivity index (χ0) is 14.3. The summed E-state index contributed by atoms with van der Waals surface area (Å²) in [6, 6.07) is -0.179. The van der Waals surface area contributed by atoms with E-state index >= 15 is 0 Å². The van der Waals surface area contributed by atoms with Crippen LogP contribution in [0.4, 0.5) is 4.79 Å². The minimum Gasteiger partial charge on any atom is -0.481 e. The molecule has 106 valence electrons. The first kappa shape index (κ1) is 16.7. The zero-order valence-corrected chi connectivity index (χ0v) is 11.9. The molecule has 2 unspecified atom stereocenters. The third-order valence-electron chi connectivity index (χ3n) is 2.59. The number of carboxylic acids is 1. The second kappa shape index (κ2) is 7.92. The molecule has 0 bridgehead atoms. The molecule has 2 N–H and O–H groups in total. The van der Waals surface area contributed by atoms with Crippen LogP contribution in [0.3, 0.4) is 0 Å². The number of hydrogen-bond donors (Lipinski definition) is 2. The quantitative estimate of drug-likeness (QED) is 0.705. The lowest BCUT2D eigenvalue weighted by Crippen LogP contribution is -2.48. The molecule has 0 radical (unpaired) electrons. The van der Waals surface area contributed by atoms with Gasteiger partial charge in [0.15, 0.2) is 0 Å². The second-order valence-electron chi connectivity index (χ2n) is 4.89. The van der Waals surface area contributed by atoms with E-state index in [0.29, 0.717) is 6.54 Å². The Labute approximate surface area is 109 Å². The van der Waals surface area contributed by atoms with E-state index in [4.69, 9.17) is 5.11 Å². The molecule has 0 aromatic rings. The van der Waals surface area contributed by atoms with Crippen molar-refractivity contribution < 1.29 is 14.7 Å². The van der Waals surface area contributed by atoms with Crippen LogP contribution < -0.4 is 5.32 Å². The van der Waals surface area contributed by atoms with E-state index in [1.807, 2.05) is 32.8 Å². The molecule has 0 spiro atoms. The van der Waals surface area contributed by atoms with Crippen LogP contribution in [0.1, 0.15) is 20.8 Å². The number of hydrogen-bond acceptors (Lipinski definition) is 3. The monoisotopic (exact) mass is 259 g/mol. The topological polar surface area (TPSA) is 72.9 Å². The highest BCUT2D eigenvalue weighted by atomic mass is 16.4. The Morgan fingerprint density at radius 1 is 1.22 bits per heavy atom. The maximum Gasteiger partial charge on any atom is 0.317 e. The first-order valence-electron chi connectivity index (χ1n) is 6.20. The molecule has 6 heteroatoms. The number of likely N-dealkylation sites (N-methyl/N-ethyl adjacent to an activating group) is 1. The number of amides is 2. The van der Waals surface area contributed by atoms with Crippen LogP contribution >= 0.6 is 0 Å². The summed E-state index contributed by atoms with van der Waals surface area (Å²) in [5.74, 6) is -1.44. The number of carbonyl (C=O) groups excluding carboxylic acids is 1. The summed E-state index contributed by atoms with van der Waals surface area (Å²) in [5, 5.41) is 11.7. The molecular weight excluding hydrogens is 234 g/mol. The minimum atomic E-state index is -0.886. The number of nitrogens with one attached hydrogen (secondary N) is 1. The van der Waals surface area contributed by atoms with Crippen molar-refractivity contribution >= 4 is 12.0 Å². The molecular formula is C12H25N3O3. The third kappa shape index (κ3) is 6.44. The van der Waals surface area contributed by atoms with Gasteiger partial charge in [-0.15, -0.1) is 0 Å². The van der Waals surface area contributed by atoms with Crippen LogP contribution in [-0.4, -0.2) is 66.7 Å². The maximum atomic E-state index is 11.9. The molecule has 2 amide bonds. The summed E-state index contributed by atoms with van der Waals surface area (Å²) >= 11 is 0. The molecule has 18 heavy (non-hydrogen) atoms. The van der Waals surface area contributed by atoms with Crippen LogP contribution in [-0.2, 0) is 4.79 Å². The second-order valence-corrected chi connectivity index (χ2v) is 4.89. The van der Waals surface area contributed by atoms with Gasteiger partial charge in [-0.25, -0.2) is 4.79 Å². The molecule has 6 nitrogen and oxygen atoms in total. The fourth-order valence-corrected chi connectivity index (χ4v) is 1.66. The largest absolute Gasteiger partial charge is 0.481 e. The van der Waals surface area contributed by atoms with Gasteiger partial charge in [-0.05, 0) is 27.9 Å². The lowest BCUT2D eigenvalue weighted by molar-refractivity contribution is -0.141. The first-order valence-corrected chi connectivity index (χ1v) is 6.20. The SMILES string of the molecule is CCN(CC(C)C(=O)O)C(=O)NC(C)CN(C)C. The van der Waals surface area contributed by atoms with Gasteiger partial charge < -0.3 is 20.2 Å². The van der Waals surface area contributed by atoms with Crippen molar-refractivity contribution in [1.82, 2.24) is 15.1 Å². The number of carboxylic acid groups (broad SMARTS) is 1. The molecule has 0 aromatic heterocycles. The Kier molecular flexibility index (Phi) is 7.35. The molecule has 0 aromatic carbocycles. The number of aliphatic carboxylic acids is 1. The van der Waals surface area contributed by atoms with E-state index in [-0.39, 0.29) is 18.6 Å². The van der Waals surface area contributed by atoms with Gasteiger partial charge in [0, 0.05) is 25.7 Å². The lowest BCUT2D eigenvalue weighted by Gasteiger charge is -2.26. The van der Waals surface area contributed by atoms with Crippen LogP contribution in [0.2, 0.25) is 0 Å².